The van der Waals surface area contributed by atoms with E-state index in [9.17, 15) is 0 Å². The zero-order chi connectivity index (χ0) is 14.7. The largest absolute Gasteiger partial charge is 0.353 e. The lowest BCUT2D eigenvalue weighted by molar-refractivity contribution is 0.425. The van der Waals surface area contributed by atoms with Crippen molar-refractivity contribution < 1.29 is 0 Å². The maximum absolute atomic E-state index is 4.39. The van der Waals surface area contributed by atoms with E-state index < -0.39 is 0 Å². The minimum Gasteiger partial charge on any atom is -0.353 e. The third-order valence-corrected chi connectivity index (χ3v) is 4.37. The highest BCUT2D eigenvalue weighted by molar-refractivity contribution is 7.22. The van der Waals surface area contributed by atoms with Crippen molar-refractivity contribution in [3.8, 4) is 10.4 Å². The standard InChI is InChI=1S/C16H18N4S/c1-20(2)8-7-17-16-18-10-13(11-19-16)15-9-12-5-3-4-6-14(12)21-15/h3-6,9-11H,7-8H2,1-2H3,(H,17,18,19). The fraction of sp³-hybridized carbons (Fsp3) is 0.250. The number of nitrogens with one attached hydrogen (secondary N) is 1. The molecule has 0 aliphatic rings. The van der Waals surface area contributed by atoms with Crippen molar-refractivity contribution in [2.45, 2.75) is 0 Å². The van der Waals surface area contributed by atoms with Crippen molar-refractivity contribution in [2.75, 3.05) is 32.5 Å². The quantitative estimate of drug-likeness (QED) is 0.784. The van der Waals surface area contributed by atoms with Gasteiger partial charge in [-0.25, -0.2) is 9.97 Å². The second kappa shape index (κ2) is 6.20. The van der Waals surface area contributed by atoms with Crippen LogP contribution in [0, 0.1) is 0 Å². The lowest BCUT2D eigenvalue weighted by atomic mass is 10.2. The summed E-state index contributed by atoms with van der Waals surface area (Å²) in [7, 11) is 4.10. The van der Waals surface area contributed by atoms with Gasteiger partial charge in [0.15, 0.2) is 0 Å². The van der Waals surface area contributed by atoms with Gasteiger partial charge in [-0.05, 0) is 31.6 Å². The molecule has 108 valence electrons. The highest BCUT2D eigenvalue weighted by Crippen LogP contribution is 2.32. The lowest BCUT2D eigenvalue weighted by Gasteiger charge is -2.10. The van der Waals surface area contributed by atoms with Crippen molar-refractivity contribution in [3.63, 3.8) is 0 Å². The number of anilines is 1. The zero-order valence-electron chi connectivity index (χ0n) is 12.2. The number of hydrogen-bond acceptors (Lipinski definition) is 5. The fourth-order valence-corrected chi connectivity index (χ4v) is 3.10. The van der Waals surface area contributed by atoms with Crippen molar-refractivity contribution in [1.29, 1.82) is 0 Å². The first kappa shape index (κ1) is 14.0. The average molecular weight is 298 g/mol. The SMILES string of the molecule is CN(C)CCNc1ncc(-c2cc3ccccc3s2)cn1. The summed E-state index contributed by atoms with van der Waals surface area (Å²) in [6.45, 7) is 1.80. The van der Waals surface area contributed by atoms with E-state index in [4.69, 9.17) is 0 Å². The molecule has 1 N–H and O–H groups in total. The second-order valence-corrected chi connectivity index (χ2v) is 6.26. The summed E-state index contributed by atoms with van der Waals surface area (Å²) in [5.41, 5.74) is 1.06. The van der Waals surface area contributed by atoms with E-state index in [1.54, 1.807) is 11.3 Å². The highest BCUT2D eigenvalue weighted by Gasteiger charge is 2.05. The number of rotatable bonds is 5. The summed E-state index contributed by atoms with van der Waals surface area (Å²) in [4.78, 5) is 12.1. The molecule has 0 aliphatic heterocycles. The van der Waals surface area contributed by atoms with Gasteiger partial charge in [0.1, 0.15) is 0 Å². The van der Waals surface area contributed by atoms with Crippen LogP contribution in [0.5, 0.6) is 0 Å². The maximum atomic E-state index is 4.39. The number of nitrogens with zero attached hydrogens (tertiary/aromatic N) is 3. The molecule has 21 heavy (non-hydrogen) atoms. The van der Waals surface area contributed by atoms with E-state index >= 15 is 0 Å². The minimum absolute atomic E-state index is 0.682. The maximum Gasteiger partial charge on any atom is 0.222 e. The van der Waals surface area contributed by atoms with Gasteiger partial charge in [-0.2, -0.15) is 0 Å². The third-order valence-electron chi connectivity index (χ3n) is 3.20. The third kappa shape index (κ3) is 3.37. The molecule has 0 amide bonds. The van der Waals surface area contributed by atoms with Crippen molar-refractivity contribution in [2.24, 2.45) is 0 Å². The normalized spacial score (nSPS) is 11.2. The molecule has 0 saturated heterocycles. The molecule has 5 heteroatoms. The summed E-state index contributed by atoms with van der Waals surface area (Å²) in [5.74, 6) is 0.682. The molecule has 4 nitrogen and oxygen atoms in total. The van der Waals surface area contributed by atoms with Gasteiger partial charge in [0.2, 0.25) is 5.95 Å². The van der Waals surface area contributed by atoms with Crippen LogP contribution < -0.4 is 5.32 Å². The smallest absolute Gasteiger partial charge is 0.222 e. The van der Waals surface area contributed by atoms with E-state index in [0.717, 1.165) is 18.7 Å². The first-order valence-electron chi connectivity index (χ1n) is 6.92. The Hall–Kier alpha value is -1.98. The molecular weight excluding hydrogens is 280 g/mol. The zero-order valence-corrected chi connectivity index (χ0v) is 13.0. The van der Waals surface area contributed by atoms with Crippen LogP contribution in [0.2, 0.25) is 0 Å². The van der Waals surface area contributed by atoms with Crippen LogP contribution in [0.15, 0.2) is 42.7 Å². The molecule has 0 saturated carbocycles. The first-order chi connectivity index (χ1) is 10.2. The number of hydrogen-bond donors (Lipinski definition) is 1. The van der Waals surface area contributed by atoms with Crippen molar-refractivity contribution in [1.82, 2.24) is 14.9 Å². The van der Waals surface area contributed by atoms with Gasteiger partial charge in [-0.15, -0.1) is 11.3 Å². The number of aromatic nitrogens is 2. The van der Waals surface area contributed by atoms with Crippen LogP contribution in [-0.4, -0.2) is 42.1 Å². The molecule has 3 rings (SSSR count). The van der Waals surface area contributed by atoms with Crippen LogP contribution in [0.3, 0.4) is 0 Å². The van der Waals surface area contributed by atoms with Gasteiger partial charge in [0.05, 0.1) is 0 Å². The Morgan fingerprint density at radius 2 is 1.90 bits per heavy atom. The highest BCUT2D eigenvalue weighted by atomic mass is 32.1. The molecule has 2 heterocycles. The van der Waals surface area contributed by atoms with Crippen LogP contribution in [0.1, 0.15) is 0 Å². The predicted octanol–water partition coefficient (Wildman–Crippen LogP) is 3.33. The Morgan fingerprint density at radius 3 is 2.62 bits per heavy atom. The topological polar surface area (TPSA) is 41.0 Å². The number of fused-ring (bicyclic) bond motifs is 1. The Morgan fingerprint density at radius 1 is 1.14 bits per heavy atom. The van der Waals surface area contributed by atoms with E-state index in [-0.39, 0.29) is 0 Å². The van der Waals surface area contributed by atoms with Gasteiger partial charge < -0.3 is 10.2 Å². The van der Waals surface area contributed by atoms with Gasteiger partial charge in [-0.3, -0.25) is 0 Å². The van der Waals surface area contributed by atoms with Gasteiger partial charge >= 0.3 is 0 Å². The first-order valence-corrected chi connectivity index (χ1v) is 7.73. The minimum atomic E-state index is 0.682. The van der Waals surface area contributed by atoms with Gasteiger partial charge in [0, 0.05) is 40.6 Å². The number of benzene rings is 1. The average Bonchev–Trinajstić information content (AvgIpc) is 2.91. The summed E-state index contributed by atoms with van der Waals surface area (Å²) in [5, 5.41) is 4.49. The molecule has 0 spiro atoms. The Kier molecular flexibility index (Phi) is 4.13. The van der Waals surface area contributed by atoms with E-state index in [1.807, 2.05) is 26.5 Å². The van der Waals surface area contributed by atoms with E-state index in [0.29, 0.717) is 5.95 Å². The molecule has 2 aromatic heterocycles. The monoisotopic (exact) mass is 298 g/mol. The van der Waals surface area contributed by atoms with Gasteiger partial charge in [0.25, 0.3) is 0 Å². The Balaban J connectivity index is 1.74. The predicted molar refractivity (Wildman–Crippen MR) is 89.9 cm³/mol. The summed E-state index contributed by atoms with van der Waals surface area (Å²) < 4.78 is 1.29. The Bertz CT molecular complexity index is 685. The molecule has 0 atom stereocenters. The summed E-state index contributed by atoms with van der Waals surface area (Å²) >= 11 is 1.77. The molecule has 0 fully saturated rings. The number of likely N-dealkylation sites (N-methyl/N-ethyl adjacent to an activating group) is 1. The summed E-state index contributed by atoms with van der Waals surface area (Å²) in [6.07, 6.45) is 3.77. The van der Waals surface area contributed by atoms with Crippen LogP contribution in [0.4, 0.5) is 5.95 Å². The van der Waals surface area contributed by atoms with Crippen LogP contribution in [0.25, 0.3) is 20.5 Å². The molecular formula is C16H18N4S. The van der Waals surface area contributed by atoms with E-state index in [2.05, 4.69) is 50.5 Å². The van der Waals surface area contributed by atoms with E-state index in [1.165, 1.54) is 15.0 Å². The number of thiophene rings is 1. The van der Waals surface area contributed by atoms with Crippen molar-refractivity contribution >= 4 is 27.4 Å². The molecule has 3 aromatic rings. The molecule has 0 aliphatic carbocycles. The van der Waals surface area contributed by atoms with Crippen molar-refractivity contribution in [3.05, 3.63) is 42.7 Å². The van der Waals surface area contributed by atoms with Crippen LogP contribution in [-0.2, 0) is 0 Å². The second-order valence-electron chi connectivity index (χ2n) is 5.17. The molecule has 0 radical (unpaired) electrons. The lowest BCUT2D eigenvalue weighted by Crippen LogP contribution is -2.21. The van der Waals surface area contributed by atoms with Gasteiger partial charge in [-0.1, -0.05) is 18.2 Å². The fourth-order valence-electron chi connectivity index (χ4n) is 2.06. The Labute approximate surface area is 128 Å². The molecule has 0 bridgehead atoms. The summed E-state index contributed by atoms with van der Waals surface area (Å²) in [6, 6.07) is 10.6. The molecule has 0 unspecified atom stereocenters. The van der Waals surface area contributed by atoms with Crippen LogP contribution >= 0.6 is 11.3 Å². The molecule has 1 aromatic carbocycles.